The van der Waals surface area contributed by atoms with E-state index in [1.165, 1.54) is 35.4 Å². The van der Waals surface area contributed by atoms with Gasteiger partial charge in [-0.15, -0.1) is 12.8 Å². The number of aryl methyl sites for hydroxylation is 1. The molecule has 2 rings (SSSR count). The van der Waals surface area contributed by atoms with Crippen LogP contribution in [0.3, 0.4) is 0 Å². The molecule has 0 unspecified atom stereocenters. The Bertz CT molecular complexity index is 1050. The van der Waals surface area contributed by atoms with Crippen molar-refractivity contribution in [3.8, 4) is 12.8 Å². The van der Waals surface area contributed by atoms with Crippen LogP contribution in [-0.4, -0.2) is 42.5 Å². The lowest BCUT2D eigenvalue weighted by molar-refractivity contribution is 0.299. The Morgan fingerprint density at radius 1 is 0.929 bits per heavy atom. The van der Waals surface area contributed by atoms with E-state index in [2.05, 4.69) is 88.7 Å². The third-order valence-electron chi connectivity index (χ3n) is 5.97. The number of aliphatic imine (C=N–C) groups is 2. The second-order valence-electron chi connectivity index (χ2n) is 9.55. The molecule has 1 heterocycles. The molecule has 0 aromatic heterocycles. The summed E-state index contributed by atoms with van der Waals surface area (Å²) in [5.74, 6) is -0.984. The first kappa shape index (κ1) is 40.8. The molecule has 0 saturated carbocycles. The number of allylic oxidation sites excluding steroid dienone is 6. The number of hydrogen-bond donors (Lipinski definition) is 1. The first-order valence-electron chi connectivity index (χ1n) is 15.2. The highest BCUT2D eigenvalue weighted by Crippen LogP contribution is 2.23. The van der Waals surface area contributed by atoms with E-state index in [0.29, 0.717) is 0 Å². The maximum Gasteiger partial charge on any atom is 0.126 e. The fourth-order valence-electron chi connectivity index (χ4n) is 4.16. The zero-order valence-corrected chi connectivity index (χ0v) is 27.7. The summed E-state index contributed by atoms with van der Waals surface area (Å²) in [6.45, 7) is 23.0. The normalized spacial score (nSPS) is 14.8. The second kappa shape index (κ2) is 26.6. The number of halogens is 2. The summed E-state index contributed by atoms with van der Waals surface area (Å²) < 4.78 is 25.0. The lowest BCUT2D eigenvalue weighted by Crippen LogP contribution is -2.43. The van der Waals surface area contributed by atoms with E-state index in [0.717, 1.165) is 74.9 Å². The predicted molar refractivity (Wildman–Crippen MR) is 182 cm³/mol. The molecular formula is C36H56F2N4. The highest BCUT2D eigenvalue weighted by molar-refractivity contribution is 6.16. The predicted octanol–water partition coefficient (Wildman–Crippen LogP) is 9.46. The van der Waals surface area contributed by atoms with Crippen LogP contribution in [0.5, 0.6) is 0 Å². The van der Waals surface area contributed by atoms with Gasteiger partial charge in [-0.25, -0.2) is 8.78 Å². The summed E-state index contributed by atoms with van der Waals surface area (Å²) in [6, 6.07) is 3.62. The third-order valence-corrected chi connectivity index (χ3v) is 5.97. The van der Waals surface area contributed by atoms with Crippen molar-refractivity contribution in [2.45, 2.75) is 94.4 Å². The van der Waals surface area contributed by atoms with Crippen LogP contribution in [0, 0.1) is 24.5 Å². The zero-order valence-electron chi connectivity index (χ0n) is 27.7. The van der Waals surface area contributed by atoms with Crippen molar-refractivity contribution in [2.24, 2.45) is 9.98 Å². The quantitative estimate of drug-likeness (QED) is 0.170. The minimum atomic E-state index is -0.492. The molecule has 0 spiro atoms. The second-order valence-corrected chi connectivity index (χ2v) is 9.55. The number of piperazine rings is 1. The van der Waals surface area contributed by atoms with Crippen LogP contribution < -0.4 is 5.32 Å². The first-order chi connectivity index (χ1) is 20.2. The SMILES string of the molecule is C#C.CCC.CCCc1cc(F)cc(F)c1.C\C=C/N=C(CC)/C(=C/C)C(/C(C)=N/C=C/CC)=C(/C)N1CCNCC1. The van der Waals surface area contributed by atoms with E-state index in [1.807, 2.05) is 32.3 Å². The summed E-state index contributed by atoms with van der Waals surface area (Å²) in [4.78, 5) is 11.9. The van der Waals surface area contributed by atoms with Gasteiger partial charge in [0.15, 0.2) is 0 Å². The Labute approximate surface area is 256 Å². The van der Waals surface area contributed by atoms with Gasteiger partial charge >= 0.3 is 0 Å². The van der Waals surface area contributed by atoms with Gasteiger partial charge in [0.05, 0.1) is 0 Å². The van der Waals surface area contributed by atoms with Gasteiger partial charge in [-0.05, 0) is 64.7 Å². The van der Waals surface area contributed by atoms with Crippen molar-refractivity contribution in [1.29, 1.82) is 0 Å². The summed E-state index contributed by atoms with van der Waals surface area (Å²) in [5.41, 5.74) is 6.55. The van der Waals surface area contributed by atoms with Crippen LogP contribution in [0.15, 0.2) is 75.7 Å². The number of hydrogen-bond acceptors (Lipinski definition) is 4. The molecule has 6 heteroatoms. The molecule has 1 aromatic rings. The molecule has 234 valence electrons. The van der Waals surface area contributed by atoms with Crippen LogP contribution in [0.25, 0.3) is 0 Å². The molecular weight excluding hydrogens is 526 g/mol. The Morgan fingerprint density at radius 2 is 1.50 bits per heavy atom. The van der Waals surface area contributed by atoms with E-state index in [9.17, 15) is 8.78 Å². The van der Waals surface area contributed by atoms with Crippen molar-refractivity contribution < 1.29 is 8.78 Å². The summed E-state index contributed by atoms with van der Waals surface area (Å²) in [5, 5.41) is 3.43. The van der Waals surface area contributed by atoms with E-state index >= 15 is 0 Å². The summed E-state index contributed by atoms with van der Waals surface area (Å²) in [7, 11) is 0. The van der Waals surface area contributed by atoms with Crippen molar-refractivity contribution in [1.82, 2.24) is 10.2 Å². The Balaban J connectivity index is 0. The number of terminal acetylenes is 1. The third kappa shape index (κ3) is 16.8. The van der Waals surface area contributed by atoms with Gasteiger partial charge in [0.1, 0.15) is 11.6 Å². The van der Waals surface area contributed by atoms with Gasteiger partial charge in [0.2, 0.25) is 0 Å². The molecule has 0 atom stereocenters. The van der Waals surface area contributed by atoms with Crippen LogP contribution in [-0.2, 0) is 6.42 Å². The van der Waals surface area contributed by atoms with Gasteiger partial charge in [-0.3, -0.25) is 9.98 Å². The van der Waals surface area contributed by atoms with Gasteiger partial charge < -0.3 is 10.2 Å². The lowest BCUT2D eigenvalue weighted by atomic mass is 9.93. The fraction of sp³-hybridized carbons (Fsp3) is 0.500. The molecule has 1 N–H and O–H groups in total. The zero-order chi connectivity index (χ0) is 32.3. The monoisotopic (exact) mass is 582 g/mol. The first-order valence-corrected chi connectivity index (χ1v) is 15.2. The van der Waals surface area contributed by atoms with Crippen molar-refractivity contribution >= 4 is 11.4 Å². The molecule has 1 aromatic carbocycles. The molecule has 0 amide bonds. The summed E-state index contributed by atoms with van der Waals surface area (Å²) in [6.07, 6.45) is 22.8. The number of rotatable bonds is 10. The largest absolute Gasteiger partial charge is 0.372 e. The molecule has 42 heavy (non-hydrogen) atoms. The van der Waals surface area contributed by atoms with Gasteiger partial charge in [-0.2, -0.15) is 0 Å². The average molecular weight is 583 g/mol. The minimum Gasteiger partial charge on any atom is -0.372 e. The lowest BCUT2D eigenvalue weighted by Gasteiger charge is -2.32. The van der Waals surface area contributed by atoms with Crippen molar-refractivity contribution in [3.05, 3.63) is 82.9 Å². The van der Waals surface area contributed by atoms with Crippen molar-refractivity contribution in [3.63, 3.8) is 0 Å². The number of nitrogens with zero attached hydrogens (tertiary/aromatic N) is 3. The van der Waals surface area contributed by atoms with E-state index < -0.39 is 11.6 Å². The molecule has 1 fully saturated rings. The van der Waals surface area contributed by atoms with Crippen LogP contribution in [0.1, 0.15) is 93.6 Å². The molecule has 1 saturated heterocycles. The molecule has 0 aliphatic carbocycles. The molecule has 4 nitrogen and oxygen atoms in total. The molecule has 1 aliphatic heterocycles. The minimum absolute atomic E-state index is 0.492. The highest BCUT2D eigenvalue weighted by atomic mass is 19.1. The van der Waals surface area contributed by atoms with Gasteiger partial charge in [-0.1, -0.05) is 65.7 Å². The maximum atomic E-state index is 12.5. The maximum absolute atomic E-state index is 12.5. The van der Waals surface area contributed by atoms with Gasteiger partial charge in [0, 0.05) is 72.9 Å². The summed E-state index contributed by atoms with van der Waals surface area (Å²) >= 11 is 0. The van der Waals surface area contributed by atoms with E-state index in [1.54, 1.807) is 0 Å². The standard InChI is InChI=1S/C22H36N4.C9H10F2.C3H8.C2H2/c1-7-11-13-24-18(5)22(19(6)26-16-14-23-15-17-26)20(9-3)21(10-4)25-12-8-2;1-2-3-7-4-8(10)6-9(11)5-7;1-3-2;1-2/h8-9,11-13,23H,7,10,14-17H2,1-6H3;4-6H,2-3H2,1H3;3H2,1-2H3;1-2H/b12-8-,13-11+,20-9-,22-19-,24-18+,25-21+;;;. The molecule has 0 bridgehead atoms. The van der Waals surface area contributed by atoms with Crippen LogP contribution >= 0.6 is 0 Å². The van der Waals surface area contributed by atoms with Crippen molar-refractivity contribution in [2.75, 3.05) is 26.2 Å². The Hall–Kier alpha value is -3.30. The number of nitrogens with one attached hydrogen (secondary N) is 1. The molecule has 0 radical (unpaired) electrons. The van der Waals surface area contributed by atoms with E-state index in [-0.39, 0.29) is 0 Å². The fourth-order valence-corrected chi connectivity index (χ4v) is 4.16. The Morgan fingerprint density at radius 3 is 1.95 bits per heavy atom. The van der Waals surface area contributed by atoms with Crippen LogP contribution in [0.4, 0.5) is 8.78 Å². The smallest absolute Gasteiger partial charge is 0.126 e. The average Bonchev–Trinajstić information content (AvgIpc) is 2.98. The topological polar surface area (TPSA) is 40.0 Å². The van der Waals surface area contributed by atoms with Crippen LogP contribution in [0.2, 0.25) is 0 Å². The highest BCUT2D eigenvalue weighted by Gasteiger charge is 2.20. The van der Waals surface area contributed by atoms with E-state index in [4.69, 9.17) is 4.99 Å². The molecule has 1 aliphatic rings. The van der Waals surface area contributed by atoms with Gasteiger partial charge in [0.25, 0.3) is 0 Å². The number of benzene rings is 1. The Kier molecular flexibility index (Phi) is 25.9.